The van der Waals surface area contributed by atoms with Crippen molar-refractivity contribution in [3.05, 3.63) is 40.7 Å². The zero-order valence-electron chi connectivity index (χ0n) is 10.4. The fourth-order valence-electron chi connectivity index (χ4n) is 1.62. The van der Waals surface area contributed by atoms with Crippen molar-refractivity contribution >= 4 is 22.4 Å². The molecule has 2 heterocycles. The standard InChI is InChI=1S/C13H15N3OS/c1-3-5-10-8-15-13(18-10)16-12(17)11-6-4-7-14-9(11)2/h4,6-8H,3,5H2,1-2H3,(H,15,16,17). The Morgan fingerprint density at radius 3 is 3.00 bits per heavy atom. The molecule has 0 radical (unpaired) electrons. The van der Waals surface area contributed by atoms with Gasteiger partial charge in [-0.15, -0.1) is 11.3 Å². The zero-order chi connectivity index (χ0) is 13.0. The molecule has 0 atom stereocenters. The normalized spacial score (nSPS) is 10.3. The van der Waals surface area contributed by atoms with E-state index in [1.165, 1.54) is 16.2 Å². The first-order valence-corrected chi connectivity index (χ1v) is 6.70. The van der Waals surface area contributed by atoms with Crippen molar-refractivity contribution in [1.82, 2.24) is 9.97 Å². The van der Waals surface area contributed by atoms with Crippen LogP contribution in [0.15, 0.2) is 24.5 Å². The van der Waals surface area contributed by atoms with Gasteiger partial charge < -0.3 is 0 Å². The van der Waals surface area contributed by atoms with Gasteiger partial charge in [-0.25, -0.2) is 4.98 Å². The predicted molar refractivity (Wildman–Crippen MR) is 73.0 cm³/mol. The molecule has 0 aliphatic carbocycles. The minimum atomic E-state index is -0.155. The van der Waals surface area contributed by atoms with Gasteiger partial charge in [-0.2, -0.15) is 0 Å². The van der Waals surface area contributed by atoms with Crippen molar-refractivity contribution in [2.75, 3.05) is 5.32 Å². The third kappa shape index (κ3) is 2.92. The quantitative estimate of drug-likeness (QED) is 0.920. The Hall–Kier alpha value is -1.75. The third-order valence-electron chi connectivity index (χ3n) is 2.52. The second kappa shape index (κ2) is 5.73. The average molecular weight is 261 g/mol. The van der Waals surface area contributed by atoms with Gasteiger partial charge in [-0.1, -0.05) is 13.3 Å². The van der Waals surface area contributed by atoms with E-state index in [0.717, 1.165) is 18.5 Å². The Balaban J connectivity index is 2.09. The first kappa shape index (κ1) is 12.7. The molecule has 0 spiro atoms. The molecule has 0 saturated heterocycles. The van der Waals surface area contributed by atoms with Gasteiger partial charge in [0.2, 0.25) is 0 Å². The summed E-state index contributed by atoms with van der Waals surface area (Å²) in [4.78, 5) is 21.5. The fraction of sp³-hybridized carbons (Fsp3) is 0.308. The lowest BCUT2D eigenvalue weighted by Crippen LogP contribution is -2.13. The van der Waals surface area contributed by atoms with Gasteiger partial charge in [0.25, 0.3) is 5.91 Å². The Kier molecular flexibility index (Phi) is 4.04. The van der Waals surface area contributed by atoms with E-state index in [1.54, 1.807) is 18.3 Å². The topological polar surface area (TPSA) is 54.9 Å². The summed E-state index contributed by atoms with van der Waals surface area (Å²) in [6.45, 7) is 3.94. The molecular weight excluding hydrogens is 246 g/mol. The Bertz CT molecular complexity index is 551. The number of nitrogens with one attached hydrogen (secondary N) is 1. The molecule has 18 heavy (non-hydrogen) atoms. The largest absolute Gasteiger partial charge is 0.298 e. The number of pyridine rings is 1. The first-order chi connectivity index (χ1) is 8.70. The van der Waals surface area contributed by atoms with E-state index in [1.807, 2.05) is 13.1 Å². The van der Waals surface area contributed by atoms with Crippen LogP contribution in [0.2, 0.25) is 0 Å². The summed E-state index contributed by atoms with van der Waals surface area (Å²) in [5.74, 6) is -0.155. The lowest BCUT2D eigenvalue weighted by molar-refractivity contribution is 0.102. The van der Waals surface area contributed by atoms with E-state index in [9.17, 15) is 4.79 Å². The van der Waals surface area contributed by atoms with Crippen LogP contribution in [0.5, 0.6) is 0 Å². The molecule has 1 N–H and O–H groups in total. The van der Waals surface area contributed by atoms with Crippen LogP contribution in [0, 0.1) is 6.92 Å². The van der Waals surface area contributed by atoms with Crippen LogP contribution < -0.4 is 5.32 Å². The molecule has 2 aromatic rings. The summed E-state index contributed by atoms with van der Waals surface area (Å²) in [7, 11) is 0. The number of carbonyl (C=O) groups is 1. The minimum absolute atomic E-state index is 0.155. The highest BCUT2D eigenvalue weighted by molar-refractivity contribution is 7.15. The Labute approximate surface area is 110 Å². The van der Waals surface area contributed by atoms with E-state index in [2.05, 4.69) is 22.2 Å². The monoisotopic (exact) mass is 261 g/mol. The lowest BCUT2D eigenvalue weighted by atomic mass is 10.2. The van der Waals surface area contributed by atoms with Gasteiger partial charge in [0.05, 0.1) is 5.56 Å². The molecule has 2 rings (SSSR count). The molecule has 0 aromatic carbocycles. The maximum Gasteiger partial charge on any atom is 0.259 e. The number of hydrogen-bond donors (Lipinski definition) is 1. The van der Waals surface area contributed by atoms with Crippen molar-refractivity contribution in [1.29, 1.82) is 0 Å². The predicted octanol–water partition coefficient (Wildman–Crippen LogP) is 3.05. The molecule has 0 fully saturated rings. The van der Waals surface area contributed by atoms with Crippen LogP contribution >= 0.6 is 11.3 Å². The number of carbonyl (C=O) groups excluding carboxylic acids is 1. The van der Waals surface area contributed by atoms with Gasteiger partial charge in [0, 0.05) is 23.0 Å². The maximum atomic E-state index is 12.0. The number of hydrogen-bond acceptors (Lipinski definition) is 4. The first-order valence-electron chi connectivity index (χ1n) is 5.88. The second-order valence-electron chi connectivity index (χ2n) is 3.97. The summed E-state index contributed by atoms with van der Waals surface area (Å²) < 4.78 is 0. The van der Waals surface area contributed by atoms with Crippen molar-refractivity contribution < 1.29 is 4.79 Å². The molecule has 4 nitrogen and oxygen atoms in total. The van der Waals surface area contributed by atoms with E-state index >= 15 is 0 Å². The summed E-state index contributed by atoms with van der Waals surface area (Å²) >= 11 is 1.52. The van der Waals surface area contributed by atoms with Crippen molar-refractivity contribution in [3.8, 4) is 0 Å². The molecule has 1 amide bonds. The second-order valence-corrected chi connectivity index (χ2v) is 5.09. The summed E-state index contributed by atoms with van der Waals surface area (Å²) in [6.07, 6.45) is 5.57. The molecule has 0 aliphatic heterocycles. The van der Waals surface area contributed by atoms with Crippen LogP contribution in [-0.2, 0) is 6.42 Å². The van der Waals surface area contributed by atoms with E-state index < -0.39 is 0 Å². The van der Waals surface area contributed by atoms with Crippen molar-refractivity contribution in [2.45, 2.75) is 26.7 Å². The minimum Gasteiger partial charge on any atom is -0.298 e. The number of amides is 1. The smallest absolute Gasteiger partial charge is 0.259 e. The van der Waals surface area contributed by atoms with Crippen LogP contribution in [-0.4, -0.2) is 15.9 Å². The molecular formula is C13H15N3OS. The molecule has 0 saturated carbocycles. The maximum absolute atomic E-state index is 12.0. The number of anilines is 1. The van der Waals surface area contributed by atoms with Crippen molar-refractivity contribution in [2.24, 2.45) is 0 Å². The number of nitrogens with zero attached hydrogens (tertiary/aromatic N) is 2. The molecule has 2 aromatic heterocycles. The van der Waals surface area contributed by atoms with E-state index in [4.69, 9.17) is 0 Å². The third-order valence-corrected chi connectivity index (χ3v) is 3.49. The highest BCUT2D eigenvalue weighted by Gasteiger charge is 2.11. The molecule has 0 bridgehead atoms. The highest BCUT2D eigenvalue weighted by atomic mass is 32.1. The van der Waals surface area contributed by atoms with Crippen molar-refractivity contribution in [3.63, 3.8) is 0 Å². The Morgan fingerprint density at radius 1 is 1.44 bits per heavy atom. The van der Waals surface area contributed by atoms with Gasteiger partial charge in [0.1, 0.15) is 0 Å². The van der Waals surface area contributed by atoms with E-state index in [-0.39, 0.29) is 5.91 Å². The van der Waals surface area contributed by atoms with Gasteiger partial charge in [-0.3, -0.25) is 15.1 Å². The Morgan fingerprint density at radius 2 is 2.28 bits per heavy atom. The van der Waals surface area contributed by atoms with Gasteiger partial charge in [-0.05, 0) is 25.5 Å². The fourth-order valence-corrected chi connectivity index (χ4v) is 2.53. The lowest BCUT2D eigenvalue weighted by Gasteiger charge is -2.03. The number of rotatable bonds is 4. The van der Waals surface area contributed by atoms with Crippen LogP contribution in [0.4, 0.5) is 5.13 Å². The highest BCUT2D eigenvalue weighted by Crippen LogP contribution is 2.20. The van der Waals surface area contributed by atoms with Crippen LogP contribution in [0.3, 0.4) is 0 Å². The van der Waals surface area contributed by atoms with Gasteiger partial charge >= 0.3 is 0 Å². The zero-order valence-corrected chi connectivity index (χ0v) is 11.3. The molecule has 0 aliphatic rings. The van der Waals surface area contributed by atoms with E-state index in [0.29, 0.717) is 10.7 Å². The molecule has 0 unspecified atom stereocenters. The molecule has 5 heteroatoms. The number of thiazole rings is 1. The summed E-state index contributed by atoms with van der Waals surface area (Å²) in [5.41, 5.74) is 1.31. The summed E-state index contributed by atoms with van der Waals surface area (Å²) in [6, 6.07) is 3.52. The molecule has 94 valence electrons. The SMILES string of the molecule is CCCc1cnc(NC(=O)c2cccnc2C)s1. The average Bonchev–Trinajstić information content (AvgIpc) is 2.77. The summed E-state index contributed by atoms with van der Waals surface area (Å²) in [5, 5.41) is 3.45. The number of aromatic nitrogens is 2. The van der Waals surface area contributed by atoms with Gasteiger partial charge in [0.15, 0.2) is 5.13 Å². The van der Waals surface area contributed by atoms with Crippen LogP contribution in [0.1, 0.15) is 34.3 Å². The van der Waals surface area contributed by atoms with Crippen LogP contribution in [0.25, 0.3) is 0 Å². The number of aryl methyl sites for hydroxylation is 2.